The van der Waals surface area contributed by atoms with E-state index in [2.05, 4.69) is 16.3 Å². The predicted molar refractivity (Wildman–Crippen MR) is 97.1 cm³/mol. The third-order valence-electron chi connectivity index (χ3n) is 4.38. The van der Waals surface area contributed by atoms with Gasteiger partial charge in [-0.25, -0.2) is 0 Å². The molecule has 1 saturated heterocycles. The van der Waals surface area contributed by atoms with Gasteiger partial charge in [0, 0.05) is 19.6 Å². The van der Waals surface area contributed by atoms with Gasteiger partial charge in [0.1, 0.15) is 5.75 Å². The van der Waals surface area contributed by atoms with Crippen LogP contribution in [-0.2, 0) is 0 Å². The lowest BCUT2D eigenvalue weighted by atomic mass is 10.1. The van der Waals surface area contributed by atoms with E-state index in [1.807, 2.05) is 30.3 Å². The normalized spacial score (nSPS) is 16.9. The maximum absolute atomic E-state index is 12.2. The number of nitrogens with zero attached hydrogens (tertiary/aromatic N) is 1. The molecule has 0 spiro atoms. The third kappa shape index (κ3) is 3.65. The van der Waals surface area contributed by atoms with Crippen LogP contribution in [0.4, 0.5) is 5.69 Å². The number of hydrogen-bond acceptors (Lipinski definition) is 3. The van der Waals surface area contributed by atoms with Gasteiger partial charge >= 0.3 is 0 Å². The quantitative estimate of drug-likeness (QED) is 0.901. The molecule has 1 aliphatic rings. The molecule has 4 nitrogen and oxygen atoms in total. The Labute approximate surface area is 147 Å². The van der Waals surface area contributed by atoms with Crippen LogP contribution < -0.4 is 15.0 Å². The van der Waals surface area contributed by atoms with Gasteiger partial charge in [-0.1, -0.05) is 35.9 Å². The summed E-state index contributed by atoms with van der Waals surface area (Å²) in [4.78, 5) is 14.6. The topological polar surface area (TPSA) is 41.6 Å². The molecule has 2 aromatic rings. The van der Waals surface area contributed by atoms with Gasteiger partial charge in [0.2, 0.25) is 0 Å². The Bertz CT molecular complexity index is 720. The van der Waals surface area contributed by atoms with Crippen molar-refractivity contribution in [2.75, 3.05) is 31.6 Å². The number of para-hydroxylation sites is 2. The number of halogens is 1. The average Bonchev–Trinajstić information content (AvgIpc) is 3.09. The molecule has 1 atom stereocenters. The van der Waals surface area contributed by atoms with Gasteiger partial charge in [-0.05, 0) is 36.6 Å². The number of carbonyl (C=O) groups excluding carboxylic acids is 1. The minimum Gasteiger partial charge on any atom is -0.495 e. The molecule has 1 aliphatic heterocycles. The van der Waals surface area contributed by atoms with Crippen molar-refractivity contribution in [3.8, 4) is 5.75 Å². The molecule has 0 radical (unpaired) electrons. The zero-order valence-corrected chi connectivity index (χ0v) is 14.4. The zero-order valence-electron chi connectivity index (χ0n) is 13.7. The molecule has 0 bridgehead atoms. The zero-order chi connectivity index (χ0) is 16.9. The molecule has 1 heterocycles. The highest BCUT2D eigenvalue weighted by Crippen LogP contribution is 2.31. The van der Waals surface area contributed by atoms with E-state index in [-0.39, 0.29) is 5.91 Å². The number of nitrogens with one attached hydrogen (secondary N) is 1. The lowest BCUT2D eigenvalue weighted by Gasteiger charge is -2.21. The van der Waals surface area contributed by atoms with Crippen molar-refractivity contribution in [3.05, 3.63) is 59.1 Å². The summed E-state index contributed by atoms with van der Waals surface area (Å²) in [5.41, 5.74) is 1.64. The van der Waals surface area contributed by atoms with Crippen molar-refractivity contribution in [2.45, 2.75) is 6.42 Å². The van der Waals surface area contributed by atoms with Crippen LogP contribution in [0, 0.1) is 5.92 Å². The van der Waals surface area contributed by atoms with Crippen LogP contribution in [0.2, 0.25) is 5.02 Å². The van der Waals surface area contributed by atoms with Crippen LogP contribution in [0.3, 0.4) is 0 Å². The van der Waals surface area contributed by atoms with Gasteiger partial charge in [0.05, 0.1) is 23.4 Å². The second-order valence-corrected chi connectivity index (χ2v) is 6.37. The maximum Gasteiger partial charge on any atom is 0.252 e. The highest BCUT2D eigenvalue weighted by atomic mass is 35.5. The molecule has 1 fully saturated rings. The summed E-state index contributed by atoms with van der Waals surface area (Å²) in [5, 5.41) is 3.48. The number of anilines is 1. The van der Waals surface area contributed by atoms with Crippen molar-refractivity contribution in [1.82, 2.24) is 5.32 Å². The van der Waals surface area contributed by atoms with E-state index in [0.29, 0.717) is 23.0 Å². The molecule has 0 aromatic heterocycles. The number of amides is 1. The Balaban J connectivity index is 1.57. The van der Waals surface area contributed by atoms with E-state index in [4.69, 9.17) is 16.3 Å². The Hall–Kier alpha value is -2.20. The average molecular weight is 345 g/mol. The summed E-state index contributed by atoms with van der Waals surface area (Å²) in [6, 6.07) is 15.2. The van der Waals surface area contributed by atoms with Crippen LogP contribution in [0.15, 0.2) is 48.5 Å². The Morgan fingerprint density at radius 3 is 2.79 bits per heavy atom. The summed E-state index contributed by atoms with van der Waals surface area (Å²) in [5.74, 6) is 1.19. The highest BCUT2D eigenvalue weighted by Gasteiger charge is 2.25. The summed E-state index contributed by atoms with van der Waals surface area (Å²) in [6.07, 6.45) is 1.04. The Morgan fingerprint density at radius 2 is 2.00 bits per heavy atom. The number of ether oxygens (including phenoxy) is 1. The SMILES string of the molecule is COc1ccccc1N1CCC(CNC(=O)c2ccccc2Cl)C1. The number of rotatable bonds is 5. The predicted octanol–water partition coefficient (Wildman–Crippen LogP) is 3.60. The molecule has 1 amide bonds. The fourth-order valence-corrected chi connectivity index (χ4v) is 3.31. The van der Waals surface area contributed by atoms with Crippen LogP contribution in [0.5, 0.6) is 5.75 Å². The van der Waals surface area contributed by atoms with E-state index < -0.39 is 0 Å². The fourth-order valence-electron chi connectivity index (χ4n) is 3.09. The van der Waals surface area contributed by atoms with Crippen LogP contribution in [0.1, 0.15) is 16.8 Å². The maximum atomic E-state index is 12.2. The van der Waals surface area contributed by atoms with Gasteiger partial charge in [0.25, 0.3) is 5.91 Å². The number of methoxy groups -OCH3 is 1. The van der Waals surface area contributed by atoms with E-state index in [0.717, 1.165) is 30.9 Å². The molecule has 1 N–H and O–H groups in total. The van der Waals surface area contributed by atoms with Crippen LogP contribution >= 0.6 is 11.6 Å². The summed E-state index contributed by atoms with van der Waals surface area (Å²) < 4.78 is 5.44. The molecule has 5 heteroatoms. The Morgan fingerprint density at radius 1 is 1.25 bits per heavy atom. The fraction of sp³-hybridized carbons (Fsp3) is 0.316. The monoisotopic (exact) mass is 344 g/mol. The lowest BCUT2D eigenvalue weighted by Crippen LogP contribution is -2.31. The van der Waals surface area contributed by atoms with E-state index in [1.165, 1.54) is 0 Å². The van der Waals surface area contributed by atoms with Gasteiger partial charge in [-0.2, -0.15) is 0 Å². The van der Waals surface area contributed by atoms with Gasteiger partial charge in [-0.15, -0.1) is 0 Å². The minimum atomic E-state index is -0.114. The lowest BCUT2D eigenvalue weighted by molar-refractivity contribution is 0.0948. The number of hydrogen-bond donors (Lipinski definition) is 1. The first kappa shape index (κ1) is 16.7. The van der Waals surface area contributed by atoms with Crippen molar-refractivity contribution in [1.29, 1.82) is 0 Å². The van der Waals surface area contributed by atoms with Gasteiger partial charge < -0.3 is 15.0 Å². The minimum absolute atomic E-state index is 0.114. The smallest absolute Gasteiger partial charge is 0.252 e. The molecular weight excluding hydrogens is 324 g/mol. The van der Waals surface area contributed by atoms with Crippen molar-refractivity contribution in [3.63, 3.8) is 0 Å². The molecule has 2 aromatic carbocycles. The third-order valence-corrected chi connectivity index (χ3v) is 4.71. The van der Waals surface area contributed by atoms with Crippen molar-refractivity contribution < 1.29 is 9.53 Å². The molecule has 0 saturated carbocycles. The molecule has 126 valence electrons. The van der Waals surface area contributed by atoms with Gasteiger partial charge in [0.15, 0.2) is 0 Å². The van der Waals surface area contributed by atoms with Crippen LogP contribution in [-0.4, -0.2) is 32.7 Å². The first-order valence-corrected chi connectivity index (χ1v) is 8.47. The molecular formula is C19H21ClN2O2. The molecule has 0 aliphatic carbocycles. The summed E-state index contributed by atoms with van der Waals surface area (Å²) in [6.45, 7) is 2.52. The van der Waals surface area contributed by atoms with Gasteiger partial charge in [-0.3, -0.25) is 4.79 Å². The van der Waals surface area contributed by atoms with E-state index in [1.54, 1.807) is 19.2 Å². The molecule has 3 rings (SSSR count). The van der Waals surface area contributed by atoms with E-state index in [9.17, 15) is 4.79 Å². The highest BCUT2D eigenvalue weighted by molar-refractivity contribution is 6.33. The number of benzene rings is 2. The number of carbonyl (C=O) groups is 1. The Kier molecular flexibility index (Phi) is 5.26. The van der Waals surface area contributed by atoms with E-state index >= 15 is 0 Å². The second-order valence-electron chi connectivity index (χ2n) is 5.96. The first-order valence-electron chi connectivity index (χ1n) is 8.09. The summed E-state index contributed by atoms with van der Waals surface area (Å²) in [7, 11) is 1.69. The standard InChI is InChI=1S/C19H21ClN2O2/c1-24-18-9-5-4-8-17(18)22-11-10-14(13-22)12-21-19(23)15-6-2-3-7-16(15)20/h2-9,14H,10-13H2,1H3,(H,21,23). The largest absolute Gasteiger partial charge is 0.495 e. The van der Waals surface area contributed by atoms with Crippen molar-refractivity contribution in [2.24, 2.45) is 5.92 Å². The van der Waals surface area contributed by atoms with Crippen LogP contribution in [0.25, 0.3) is 0 Å². The first-order chi connectivity index (χ1) is 11.7. The summed E-state index contributed by atoms with van der Waals surface area (Å²) >= 11 is 6.07. The second kappa shape index (κ2) is 7.58. The molecule has 24 heavy (non-hydrogen) atoms. The molecule has 1 unspecified atom stereocenters. The van der Waals surface area contributed by atoms with Crippen molar-refractivity contribution >= 4 is 23.2 Å².